The van der Waals surface area contributed by atoms with Gasteiger partial charge >= 0.3 is 0 Å². The third-order valence-electron chi connectivity index (χ3n) is 3.83. The van der Waals surface area contributed by atoms with Crippen molar-refractivity contribution in [3.8, 4) is 11.5 Å². The number of carbonyl (C=O) groups is 1. The molecule has 110 valence electrons. The van der Waals surface area contributed by atoms with E-state index in [0.29, 0.717) is 13.0 Å². The van der Waals surface area contributed by atoms with Gasteiger partial charge < -0.3 is 20.5 Å². The Kier molecular flexibility index (Phi) is 4.49. The summed E-state index contributed by atoms with van der Waals surface area (Å²) in [6.45, 7) is 0.412. The SMILES string of the molecule is COc1ccc(OC)c(CNC(=O)CC2(N)CCC2)c1. The molecule has 0 atom stereocenters. The van der Waals surface area contributed by atoms with Gasteiger partial charge in [-0.25, -0.2) is 0 Å². The molecule has 1 saturated carbocycles. The lowest BCUT2D eigenvalue weighted by atomic mass is 9.75. The highest BCUT2D eigenvalue weighted by atomic mass is 16.5. The first-order valence-electron chi connectivity index (χ1n) is 6.83. The van der Waals surface area contributed by atoms with Crippen molar-refractivity contribution < 1.29 is 14.3 Å². The van der Waals surface area contributed by atoms with Crippen molar-refractivity contribution in [2.75, 3.05) is 14.2 Å². The van der Waals surface area contributed by atoms with E-state index in [9.17, 15) is 4.79 Å². The van der Waals surface area contributed by atoms with E-state index in [2.05, 4.69) is 5.32 Å². The summed E-state index contributed by atoms with van der Waals surface area (Å²) in [6.07, 6.45) is 3.37. The van der Waals surface area contributed by atoms with Gasteiger partial charge in [-0.1, -0.05) is 0 Å². The Hall–Kier alpha value is -1.75. The Labute approximate surface area is 119 Å². The molecule has 0 bridgehead atoms. The summed E-state index contributed by atoms with van der Waals surface area (Å²) in [5, 5.41) is 2.89. The molecule has 1 amide bonds. The van der Waals surface area contributed by atoms with Crippen LogP contribution >= 0.6 is 0 Å². The zero-order valence-corrected chi connectivity index (χ0v) is 12.1. The number of ether oxygens (including phenoxy) is 2. The maximum absolute atomic E-state index is 11.9. The average molecular weight is 278 g/mol. The second-order valence-electron chi connectivity index (χ2n) is 5.35. The molecule has 0 radical (unpaired) electrons. The zero-order chi connectivity index (χ0) is 14.6. The minimum atomic E-state index is -0.289. The number of nitrogens with one attached hydrogen (secondary N) is 1. The molecule has 3 N–H and O–H groups in total. The Bertz CT molecular complexity index is 484. The summed E-state index contributed by atoms with van der Waals surface area (Å²) in [7, 11) is 3.22. The van der Waals surface area contributed by atoms with Gasteiger partial charge in [-0.3, -0.25) is 4.79 Å². The molecule has 5 nitrogen and oxygen atoms in total. The molecule has 1 aliphatic carbocycles. The molecule has 2 rings (SSSR count). The van der Waals surface area contributed by atoms with Crippen LogP contribution in [0.1, 0.15) is 31.2 Å². The van der Waals surface area contributed by atoms with Crippen LogP contribution in [0, 0.1) is 0 Å². The first kappa shape index (κ1) is 14.7. The number of hydrogen-bond donors (Lipinski definition) is 2. The van der Waals surface area contributed by atoms with Crippen molar-refractivity contribution in [3.05, 3.63) is 23.8 Å². The molecule has 0 aliphatic heterocycles. The van der Waals surface area contributed by atoms with Gasteiger partial charge in [0.2, 0.25) is 5.91 Å². The predicted molar refractivity (Wildman–Crippen MR) is 76.8 cm³/mol. The van der Waals surface area contributed by atoms with Gasteiger partial charge in [-0.05, 0) is 37.5 Å². The molecule has 1 aromatic rings. The molecule has 1 aliphatic rings. The molecule has 0 aromatic heterocycles. The summed E-state index contributed by atoms with van der Waals surface area (Å²) in [4.78, 5) is 11.9. The van der Waals surface area contributed by atoms with Crippen LogP contribution in [-0.2, 0) is 11.3 Å². The van der Waals surface area contributed by atoms with E-state index in [0.717, 1.165) is 36.3 Å². The minimum absolute atomic E-state index is 0.0166. The van der Waals surface area contributed by atoms with Gasteiger partial charge in [0.15, 0.2) is 0 Å². The molecular weight excluding hydrogens is 256 g/mol. The summed E-state index contributed by atoms with van der Waals surface area (Å²) in [5.41, 5.74) is 6.67. The van der Waals surface area contributed by atoms with Crippen LogP contribution in [0.25, 0.3) is 0 Å². The Morgan fingerprint density at radius 2 is 2.10 bits per heavy atom. The van der Waals surface area contributed by atoms with Crippen molar-refractivity contribution in [2.24, 2.45) is 5.73 Å². The van der Waals surface area contributed by atoms with Gasteiger partial charge in [0.1, 0.15) is 11.5 Å². The molecular formula is C15H22N2O3. The van der Waals surface area contributed by atoms with Gasteiger partial charge in [0, 0.05) is 24.1 Å². The third-order valence-corrected chi connectivity index (χ3v) is 3.83. The highest BCUT2D eigenvalue weighted by molar-refractivity contribution is 5.77. The highest BCUT2D eigenvalue weighted by Gasteiger charge is 2.34. The quantitative estimate of drug-likeness (QED) is 0.829. The Morgan fingerprint density at radius 3 is 2.65 bits per heavy atom. The topological polar surface area (TPSA) is 73.6 Å². The largest absolute Gasteiger partial charge is 0.497 e. The van der Waals surface area contributed by atoms with Crippen LogP contribution in [0.15, 0.2) is 18.2 Å². The fraction of sp³-hybridized carbons (Fsp3) is 0.533. The van der Waals surface area contributed by atoms with Gasteiger partial charge in [-0.15, -0.1) is 0 Å². The minimum Gasteiger partial charge on any atom is -0.497 e. The lowest BCUT2D eigenvalue weighted by Crippen LogP contribution is -2.49. The molecule has 5 heteroatoms. The van der Waals surface area contributed by atoms with Crippen molar-refractivity contribution in [3.63, 3.8) is 0 Å². The van der Waals surface area contributed by atoms with Crippen molar-refractivity contribution in [2.45, 2.75) is 37.8 Å². The van der Waals surface area contributed by atoms with Crippen molar-refractivity contribution >= 4 is 5.91 Å². The molecule has 1 fully saturated rings. The summed E-state index contributed by atoms with van der Waals surface area (Å²) >= 11 is 0. The molecule has 1 aromatic carbocycles. The fourth-order valence-corrected chi connectivity index (χ4v) is 2.40. The third kappa shape index (κ3) is 3.42. The molecule has 0 spiro atoms. The van der Waals surface area contributed by atoms with Gasteiger partial charge in [-0.2, -0.15) is 0 Å². The second-order valence-corrected chi connectivity index (χ2v) is 5.35. The van der Waals surface area contributed by atoms with E-state index in [1.165, 1.54) is 0 Å². The first-order valence-corrected chi connectivity index (χ1v) is 6.83. The molecule has 0 unspecified atom stereocenters. The lowest BCUT2D eigenvalue weighted by molar-refractivity contribution is -0.123. The van der Waals surface area contributed by atoms with Crippen molar-refractivity contribution in [1.29, 1.82) is 0 Å². The highest BCUT2D eigenvalue weighted by Crippen LogP contribution is 2.32. The van der Waals surface area contributed by atoms with Crippen molar-refractivity contribution in [1.82, 2.24) is 5.32 Å². The second kappa shape index (κ2) is 6.13. The van der Waals surface area contributed by atoms with E-state index < -0.39 is 0 Å². The summed E-state index contributed by atoms with van der Waals surface area (Å²) in [5.74, 6) is 1.46. The smallest absolute Gasteiger partial charge is 0.222 e. The van der Waals surface area contributed by atoms with Crippen LogP contribution in [0.3, 0.4) is 0 Å². The molecule has 0 heterocycles. The van der Waals surface area contributed by atoms with E-state index in [1.807, 2.05) is 18.2 Å². The van der Waals surface area contributed by atoms with Crippen LogP contribution in [0.5, 0.6) is 11.5 Å². The van der Waals surface area contributed by atoms with Gasteiger partial charge in [0.05, 0.1) is 14.2 Å². The number of nitrogens with two attached hydrogens (primary N) is 1. The zero-order valence-electron chi connectivity index (χ0n) is 12.1. The van der Waals surface area contributed by atoms with Crippen LogP contribution in [0.2, 0.25) is 0 Å². The standard InChI is InChI=1S/C15H22N2O3/c1-19-12-4-5-13(20-2)11(8-12)10-17-14(18)9-15(16)6-3-7-15/h4-5,8H,3,6-7,9-10,16H2,1-2H3,(H,17,18). The maximum atomic E-state index is 11.9. The van der Waals surface area contributed by atoms with Gasteiger partial charge in [0.25, 0.3) is 0 Å². The fourth-order valence-electron chi connectivity index (χ4n) is 2.40. The number of carbonyl (C=O) groups excluding carboxylic acids is 1. The van der Waals surface area contributed by atoms with E-state index in [4.69, 9.17) is 15.2 Å². The first-order chi connectivity index (χ1) is 9.56. The Balaban J connectivity index is 1.93. The lowest BCUT2D eigenvalue weighted by Gasteiger charge is -2.37. The number of rotatable bonds is 6. The summed E-state index contributed by atoms with van der Waals surface area (Å²) < 4.78 is 10.5. The molecule has 20 heavy (non-hydrogen) atoms. The number of methoxy groups -OCH3 is 2. The van der Waals surface area contributed by atoms with E-state index in [-0.39, 0.29) is 11.4 Å². The molecule has 0 saturated heterocycles. The number of hydrogen-bond acceptors (Lipinski definition) is 4. The van der Waals surface area contributed by atoms with Crippen LogP contribution in [-0.4, -0.2) is 25.7 Å². The van der Waals surface area contributed by atoms with E-state index in [1.54, 1.807) is 14.2 Å². The Morgan fingerprint density at radius 1 is 1.35 bits per heavy atom. The van der Waals surface area contributed by atoms with Crippen LogP contribution in [0.4, 0.5) is 0 Å². The van der Waals surface area contributed by atoms with E-state index >= 15 is 0 Å². The monoisotopic (exact) mass is 278 g/mol. The summed E-state index contributed by atoms with van der Waals surface area (Å²) in [6, 6.07) is 5.52. The number of amides is 1. The maximum Gasteiger partial charge on any atom is 0.222 e. The average Bonchev–Trinajstić information content (AvgIpc) is 2.43. The normalized spacial score (nSPS) is 16.1. The predicted octanol–water partition coefficient (Wildman–Crippen LogP) is 1.59. The van der Waals surface area contributed by atoms with Crippen LogP contribution < -0.4 is 20.5 Å². The number of benzene rings is 1.